The number of nitrogens with one attached hydrogen (secondary N) is 2. The number of aromatic nitrogens is 3. The highest BCUT2D eigenvalue weighted by molar-refractivity contribution is 6.31. The topological polar surface area (TPSA) is 62.7 Å². The number of alkyl halides is 3. The number of hydrogen-bond acceptors (Lipinski definition) is 2. The number of amides is 1. The molecule has 0 unspecified atom stereocenters. The number of nitrogens with zero attached hydrogens (tertiary/aromatic N) is 2. The largest absolute Gasteiger partial charge is 0.433 e. The zero-order valence-electron chi connectivity index (χ0n) is 11.0. The van der Waals surface area contributed by atoms with Crippen molar-refractivity contribution in [3.05, 3.63) is 40.4 Å². The summed E-state index contributed by atoms with van der Waals surface area (Å²) in [5.41, 5.74) is -0.547. The van der Waals surface area contributed by atoms with Crippen LogP contribution in [0, 0.1) is 0 Å². The van der Waals surface area contributed by atoms with Gasteiger partial charge in [0.2, 0.25) is 0 Å². The van der Waals surface area contributed by atoms with E-state index >= 15 is 0 Å². The molecule has 9 heteroatoms. The third-order valence-corrected chi connectivity index (χ3v) is 3.09. The van der Waals surface area contributed by atoms with Crippen molar-refractivity contribution in [2.45, 2.75) is 12.6 Å². The van der Waals surface area contributed by atoms with Crippen molar-refractivity contribution in [3.8, 4) is 0 Å². The lowest BCUT2D eigenvalue weighted by molar-refractivity contribution is -0.141. The summed E-state index contributed by atoms with van der Waals surface area (Å²) in [4.78, 5) is 11.9. The molecule has 114 valence electrons. The molecule has 2 rings (SSSR count). The molecular weight excluding hydrogens is 309 g/mol. The molecule has 0 radical (unpaired) electrons. The number of aryl methyl sites for hydroxylation is 1. The maximum absolute atomic E-state index is 12.6. The van der Waals surface area contributed by atoms with Crippen LogP contribution in [-0.2, 0) is 19.6 Å². The molecular formula is C12H12ClF3N4O. The fourth-order valence-corrected chi connectivity index (χ4v) is 2.15. The van der Waals surface area contributed by atoms with Crippen LogP contribution >= 0.6 is 11.6 Å². The first kappa shape index (κ1) is 15.4. The standard InChI is InChI=1S/C12H12ClF3N4O/c1-20-6-8(13)4-9(20)11(21)17-3-2-7-5-18-19-10(7)12(14,15)16/h4-6H,2-3H2,1H3,(H,17,21)(H,18,19). The van der Waals surface area contributed by atoms with E-state index < -0.39 is 17.8 Å². The summed E-state index contributed by atoms with van der Waals surface area (Å²) in [6.07, 6.45) is -1.79. The molecule has 0 aliphatic heterocycles. The van der Waals surface area contributed by atoms with Gasteiger partial charge in [-0.3, -0.25) is 9.89 Å². The number of hydrogen-bond donors (Lipinski definition) is 2. The number of H-pyrrole nitrogens is 1. The number of rotatable bonds is 4. The monoisotopic (exact) mass is 320 g/mol. The molecule has 2 N–H and O–H groups in total. The van der Waals surface area contributed by atoms with Gasteiger partial charge in [-0.1, -0.05) is 11.6 Å². The van der Waals surface area contributed by atoms with Gasteiger partial charge in [0.1, 0.15) is 11.4 Å². The van der Waals surface area contributed by atoms with Crippen LogP contribution < -0.4 is 5.32 Å². The van der Waals surface area contributed by atoms with Crippen molar-refractivity contribution in [2.24, 2.45) is 7.05 Å². The highest BCUT2D eigenvalue weighted by atomic mass is 35.5. The van der Waals surface area contributed by atoms with Crippen LogP contribution in [-0.4, -0.2) is 27.2 Å². The Hall–Kier alpha value is -1.96. The summed E-state index contributed by atoms with van der Waals surface area (Å²) in [7, 11) is 1.65. The molecule has 5 nitrogen and oxygen atoms in total. The Labute approximate surface area is 123 Å². The minimum absolute atomic E-state index is 0.00714. The highest BCUT2D eigenvalue weighted by Gasteiger charge is 2.35. The molecule has 0 aliphatic carbocycles. The van der Waals surface area contributed by atoms with Gasteiger partial charge in [-0.25, -0.2) is 0 Å². The Morgan fingerprint density at radius 2 is 2.24 bits per heavy atom. The molecule has 0 bridgehead atoms. The van der Waals surface area contributed by atoms with E-state index in [1.54, 1.807) is 13.2 Å². The Balaban J connectivity index is 1.95. The second-order valence-electron chi connectivity index (χ2n) is 4.43. The quantitative estimate of drug-likeness (QED) is 0.908. The van der Waals surface area contributed by atoms with Gasteiger partial charge in [0, 0.05) is 25.4 Å². The van der Waals surface area contributed by atoms with E-state index in [2.05, 4.69) is 10.4 Å². The van der Waals surface area contributed by atoms with Gasteiger partial charge in [-0.15, -0.1) is 0 Å². The van der Waals surface area contributed by atoms with Crippen LogP contribution in [0.25, 0.3) is 0 Å². The van der Waals surface area contributed by atoms with Crippen molar-refractivity contribution >= 4 is 17.5 Å². The second-order valence-corrected chi connectivity index (χ2v) is 4.86. The van der Waals surface area contributed by atoms with Gasteiger partial charge in [0.25, 0.3) is 5.91 Å². The molecule has 0 saturated carbocycles. The number of halogens is 4. The molecule has 2 heterocycles. The summed E-state index contributed by atoms with van der Waals surface area (Å²) in [5, 5.41) is 8.26. The normalized spacial score (nSPS) is 11.7. The van der Waals surface area contributed by atoms with Gasteiger partial charge in [-0.05, 0) is 12.5 Å². The highest BCUT2D eigenvalue weighted by Crippen LogP contribution is 2.30. The average molecular weight is 321 g/mol. The van der Waals surface area contributed by atoms with E-state index in [4.69, 9.17) is 11.6 Å². The molecule has 0 spiro atoms. The number of carbonyl (C=O) groups excluding carboxylic acids is 1. The molecule has 21 heavy (non-hydrogen) atoms. The molecule has 0 fully saturated rings. The van der Waals surface area contributed by atoms with E-state index in [-0.39, 0.29) is 18.5 Å². The van der Waals surface area contributed by atoms with Crippen molar-refractivity contribution in [1.82, 2.24) is 20.1 Å². The Kier molecular flexibility index (Phi) is 4.26. The van der Waals surface area contributed by atoms with Gasteiger partial charge in [0.05, 0.1) is 11.2 Å². The van der Waals surface area contributed by atoms with Crippen LogP contribution in [0.4, 0.5) is 13.2 Å². The van der Waals surface area contributed by atoms with Crippen LogP contribution in [0.2, 0.25) is 5.02 Å². The van der Waals surface area contributed by atoms with E-state index in [0.29, 0.717) is 10.7 Å². The molecule has 1 amide bonds. The third kappa shape index (κ3) is 3.57. The zero-order chi connectivity index (χ0) is 15.6. The predicted octanol–water partition coefficient (Wildman–Crippen LogP) is 2.39. The predicted molar refractivity (Wildman–Crippen MR) is 70.0 cm³/mol. The fraction of sp³-hybridized carbons (Fsp3) is 0.333. The van der Waals surface area contributed by atoms with Crippen molar-refractivity contribution < 1.29 is 18.0 Å². The summed E-state index contributed by atoms with van der Waals surface area (Å²) in [5.74, 6) is -0.401. The first-order valence-corrected chi connectivity index (χ1v) is 6.36. The lowest BCUT2D eigenvalue weighted by Gasteiger charge is -2.08. The average Bonchev–Trinajstić information content (AvgIpc) is 2.95. The molecule has 0 atom stereocenters. The summed E-state index contributed by atoms with van der Waals surface area (Å²) < 4.78 is 39.4. The number of aromatic amines is 1. The maximum atomic E-state index is 12.6. The second kappa shape index (κ2) is 5.80. The molecule has 0 aromatic carbocycles. The number of carbonyl (C=O) groups is 1. The molecule has 2 aromatic heterocycles. The summed E-state index contributed by atoms with van der Waals surface area (Å²) >= 11 is 5.76. The maximum Gasteiger partial charge on any atom is 0.433 e. The Morgan fingerprint density at radius 1 is 1.52 bits per heavy atom. The fourth-order valence-electron chi connectivity index (χ4n) is 1.90. The first-order chi connectivity index (χ1) is 9.79. The van der Waals surface area contributed by atoms with Crippen molar-refractivity contribution in [2.75, 3.05) is 6.54 Å². The summed E-state index contributed by atoms with van der Waals surface area (Å²) in [6.45, 7) is 0.0598. The van der Waals surface area contributed by atoms with Gasteiger partial charge < -0.3 is 9.88 Å². The SMILES string of the molecule is Cn1cc(Cl)cc1C(=O)NCCc1cn[nH]c1C(F)(F)F. The van der Waals surface area contributed by atoms with E-state index in [1.165, 1.54) is 10.6 Å². The van der Waals surface area contributed by atoms with Crippen molar-refractivity contribution in [1.29, 1.82) is 0 Å². The lowest BCUT2D eigenvalue weighted by Crippen LogP contribution is -2.27. The van der Waals surface area contributed by atoms with Crippen LogP contribution in [0.1, 0.15) is 21.7 Å². The van der Waals surface area contributed by atoms with Crippen LogP contribution in [0.5, 0.6) is 0 Å². The molecule has 2 aromatic rings. The van der Waals surface area contributed by atoms with Gasteiger partial charge >= 0.3 is 6.18 Å². The third-order valence-electron chi connectivity index (χ3n) is 2.89. The first-order valence-electron chi connectivity index (χ1n) is 5.98. The van der Waals surface area contributed by atoms with Crippen molar-refractivity contribution in [3.63, 3.8) is 0 Å². The van der Waals surface area contributed by atoms with Gasteiger partial charge in [-0.2, -0.15) is 18.3 Å². The molecule has 0 aliphatic rings. The Morgan fingerprint density at radius 3 is 2.81 bits per heavy atom. The minimum atomic E-state index is -4.48. The minimum Gasteiger partial charge on any atom is -0.350 e. The molecule has 0 saturated heterocycles. The van der Waals surface area contributed by atoms with Crippen LogP contribution in [0.3, 0.4) is 0 Å². The lowest BCUT2D eigenvalue weighted by atomic mass is 10.2. The summed E-state index contributed by atoms with van der Waals surface area (Å²) in [6, 6.07) is 1.48. The zero-order valence-corrected chi connectivity index (χ0v) is 11.7. The smallest absolute Gasteiger partial charge is 0.350 e. The van der Waals surface area contributed by atoms with Crippen LogP contribution in [0.15, 0.2) is 18.5 Å². The van der Waals surface area contributed by atoms with E-state index in [9.17, 15) is 18.0 Å². The Bertz CT molecular complexity index is 647. The van der Waals surface area contributed by atoms with E-state index in [1.807, 2.05) is 5.10 Å². The van der Waals surface area contributed by atoms with Gasteiger partial charge in [0.15, 0.2) is 0 Å². The van der Waals surface area contributed by atoms with E-state index in [0.717, 1.165) is 6.20 Å².